The Morgan fingerprint density at radius 1 is 0.867 bits per heavy atom. The van der Waals surface area contributed by atoms with E-state index < -0.39 is 12.4 Å². The van der Waals surface area contributed by atoms with Gasteiger partial charge in [-0.15, -0.1) is 0 Å². The van der Waals surface area contributed by atoms with Gasteiger partial charge in [0.1, 0.15) is 0 Å². The van der Waals surface area contributed by atoms with Gasteiger partial charge in [-0.25, -0.2) is 0 Å². The molecule has 0 atom stereocenters. The molecule has 0 spiro atoms. The quantitative estimate of drug-likeness (QED) is 0.661. The molecule has 0 radical (unpaired) electrons. The summed E-state index contributed by atoms with van der Waals surface area (Å²) in [6, 6.07) is 11.3. The van der Waals surface area contributed by atoms with Crippen LogP contribution in [-0.2, 0) is 0 Å². The first kappa shape index (κ1) is 12.2. The zero-order valence-corrected chi connectivity index (χ0v) is 15.2. The first-order valence-electron chi connectivity index (χ1n) is 5.33. The van der Waals surface area contributed by atoms with Crippen molar-refractivity contribution in [3.05, 3.63) is 30.3 Å². The van der Waals surface area contributed by atoms with Crippen LogP contribution in [0.1, 0.15) is 0 Å². The summed E-state index contributed by atoms with van der Waals surface area (Å²) in [4.78, 5) is 0. The fraction of sp³-hybridized carbons (Fsp3) is 0.400. The third kappa shape index (κ3) is 2.38. The third-order valence-electron chi connectivity index (χ3n) is 3.32. The van der Waals surface area contributed by atoms with Gasteiger partial charge in [0.15, 0.2) is 0 Å². The van der Waals surface area contributed by atoms with Gasteiger partial charge in [0.25, 0.3) is 0 Å². The number of hydrogen-bond donors (Lipinski definition) is 0. The van der Waals surface area contributed by atoms with Gasteiger partial charge >= 0.3 is 107 Å². The molecule has 1 aromatic rings. The van der Waals surface area contributed by atoms with E-state index in [1.165, 1.54) is 0 Å². The van der Waals surface area contributed by atoms with E-state index in [2.05, 4.69) is 56.5 Å². The molecular formula is C10H17BSe2Si2. The molecule has 0 unspecified atom stereocenters. The van der Waals surface area contributed by atoms with Crippen molar-refractivity contribution in [1.82, 2.24) is 0 Å². The van der Waals surface area contributed by atoms with Crippen LogP contribution in [0.15, 0.2) is 30.3 Å². The van der Waals surface area contributed by atoms with Crippen molar-refractivity contribution in [2.45, 2.75) is 26.2 Å². The Morgan fingerprint density at radius 2 is 1.33 bits per heavy atom. The minimum atomic E-state index is -0.784. The monoisotopic (exact) mass is 364 g/mol. The molecular weight excluding hydrogens is 345 g/mol. The molecule has 1 aromatic carbocycles. The fourth-order valence-corrected chi connectivity index (χ4v) is 65.7. The minimum absolute atomic E-state index is 0.784. The molecule has 0 aliphatic carbocycles. The molecule has 0 aromatic heterocycles. The fourth-order valence-electron chi connectivity index (χ4n) is 1.59. The van der Waals surface area contributed by atoms with E-state index in [9.17, 15) is 0 Å². The van der Waals surface area contributed by atoms with Gasteiger partial charge in [0.2, 0.25) is 0 Å². The summed E-state index contributed by atoms with van der Waals surface area (Å²) in [7, 11) is 0. The van der Waals surface area contributed by atoms with E-state index in [0.717, 1.165) is 32.6 Å². The third-order valence-corrected chi connectivity index (χ3v) is 62.9. The summed E-state index contributed by atoms with van der Waals surface area (Å²) in [5.41, 5.74) is 1.65. The summed E-state index contributed by atoms with van der Waals surface area (Å²) in [5.74, 6) is 0. The van der Waals surface area contributed by atoms with Crippen LogP contribution in [0, 0.1) is 0 Å². The van der Waals surface area contributed by atoms with E-state index >= 15 is 0 Å². The van der Waals surface area contributed by atoms with Crippen molar-refractivity contribution in [3.8, 4) is 0 Å². The van der Waals surface area contributed by atoms with Crippen LogP contribution in [0.2, 0.25) is 26.2 Å². The number of rotatable bonds is 1. The molecule has 1 aliphatic heterocycles. The predicted octanol–water partition coefficient (Wildman–Crippen LogP) is 1.29. The van der Waals surface area contributed by atoms with Crippen molar-refractivity contribution in [2.75, 3.05) is 0 Å². The number of benzene rings is 1. The molecule has 2 rings (SSSR count). The summed E-state index contributed by atoms with van der Waals surface area (Å²) < 4.78 is 1.01. The summed E-state index contributed by atoms with van der Waals surface area (Å²) >= 11 is 1.90. The standard InChI is InChI=1S/C10H17BSe2Si2/c1-14(2)12-11(13-15(14,3)4)10-8-6-5-7-9-10/h5-9H,1-4H3. The van der Waals surface area contributed by atoms with Crippen LogP contribution in [-0.4, -0.2) is 45.0 Å². The van der Waals surface area contributed by atoms with Crippen molar-refractivity contribution in [3.63, 3.8) is 0 Å². The molecule has 0 nitrogen and oxygen atoms in total. The van der Waals surface area contributed by atoms with Crippen LogP contribution < -0.4 is 5.46 Å². The van der Waals surface area contributed by atoms with Crippen molar-refractivity contribution >= 4 is 50.5 Å². The molecule has 0 saturated carbocycles. The van der Waals surface area contributed by atoms with Gasteiger partial charge in [-0.2, -0.15) is 0 Å². The Hall–Kier alpha value is 0.758. The van der Waals surface area contributed by atoms with Crippen LogP contribution in [0.5, 0.6) is 0 Å². The summed E-state index contributed by atoms with van der Waals surface area (Å²) in [5, 5.41) is 0. The van der Waals surface area contributed by atoms with Crippen LogP contribution in [0.3, 0.4) is 0 Å². The Labute approximate surface area is 106 Å². The Morgan fingerprint density at radius 3 is 1.80 bits per heavy atom. The van der Waals surface area contributed by atoms with Gasteiger partial charge in [-0.05, 0) is 0 Å². The van der Waals surface area contributed by atoms with Crippen LogP contribution in [0.25, 0.3) is 0 Å². The first-order valence-corrected chi connectivity index (χ1v) is 19.3. The van der Waals surface area contributed by atoms with E-state index in [1.807, 2.05) is 0 Å². The molecule has 5 heteroatoms. The van der Waals surface area contributed by atoms with Gasteiger partial charge < -0.3 is 0 Å². The van der Waals surface area contributed by atoms with Gasteiger partial charge in [0, 0.05) is 0 Å². The second-order valence-corrected chi connectivity index (χ2v) is 43.2. The molecule has 1 saturated heterocycles. The molecule has 1 heterocycles. The molecule has 1 aliphatic rings. The molecule has 1 fully saturated rings. The molecule has 15 heavy (non-hydrogen) atoms. The molecule has 80 valence electrons. The SMILES string of the molecule is C[Si]1(C)[Se]B(c2ccccc2)[Se][Si]1(C)C. The summed E-state index contributed by atoms with van der Waals surface area (Å²) in [6.45, 7) is 10.6. The van der Waals surface area contributed by atoms with E-state index in [4.69, 9.17) is 0 Å². The van der Waals surface area contributed by atoms with Crippen molar-refractivity contribution in [1.29, 1.82) is 0 Å². The molecule has 0 amide bonds. The average molecular weight is 362 g/mol. The van der Waals surface area contributed by atoms with Crippen LogP contribution >= 0.6 is 0 Å². The normalized spacial score (nSPS) is 23.1. The maximum atomic E-state index is 2.66. The summed E-state index contributed by atoms with van der Waals surface area (Å²) in [6.07, 6.45) is -1.57. The van der Waals surface area contributed by atoms with Gasteiger partial charge in [-0.1, -0.05) is 0 Å². The second-order valence-electron chi connectivity index (χ2n) is 5.00. The van der Waals surface area contributed by atoms with Gasteiger partial charge in [0.05, 0.1) is 0 Å². The average Bonchev–Trinajstić information content (AvgIpc) is 2.38. The zero-order valence-electron chi connectivity index (χ0n) is 9.78. The molecule has 0 N–H and O–H groups in total. The van der Waals surface area contributed by atoms with Crippen molar-refractivity contribution < 1.29 is 0 Å². The predicted molar refractivity (Wildman–Crippen MR) is 78.3 cm³/mol. The van der Waals surface area contributed by atoms with Gasteiger partial charge in [-0.3, -0.25) is 0 Å². The zero-order chi connectivity index (χ0) is 11.1. The number of hydrogen-bond acceptors (Lipinski definition) is 0. The Bertz CT molecular complexity index is 338. The Balaban J connectivity index is 2.24. The second kappa shape index (κ2) is 4.21. The van der Waals surface area contributed by atoms with E-state index in [-0.39, 0.29) is 0 Å². The maximum absolute atomic E-state index is 2.66. The van der Waals surface area contributed by atoms with E-state index in [0.29, 0.717) is 0 Å². The Kier molecular flexibility index (Phi) is 3.43. The van der Waals surface area contributed by atoms with E-state index in [1.54, 1.807) is 5.46 Å². The first-order chi connectivity index (χ1) is 6.92. The van der Waals surface area contributed by atoms with Crippen LogP contribution in [0.4, 0.5) is 0 Å². The molecule has 0 bridgehead atoms. The van der Waals surface area contributed by atoms with Crippen molar-refractivity contribution in [2.24, 2.45) is 0 Å². The topological polar surface area (TPSA) is 0 Å².